The van der Waals surface area contributed by atoms with Crippen LogP contribution in [-0.4, -0.2) is 12.7 Å². The molecular weight excluding hydrogens is 384 g/mol. The van der Waals surface area contributed by atoms with Crippen LogP contribution in [0.1, 0.15) is 33.1 Å². The summed E-state index contributed by atoms with van der Waals surface area (Å²) in [5.74, 6) is 0.690. The third-order valence-electron chi connectivity index (χ3n) is 3.56. The molecule has 0 aliphatic heterocycles. The predicted molar refractivity (Wildman–Crippen MR) is 57.2 cm³/mol. The van der Waals surface area contributed by atoms with E-state index in [0.29, 0.717) is 5.92 Å². The van der Waals surface area contributed by atoms with Gasteiger partial charge in [-0.25, -0.2) is 0 Å². The van der Waals surface area contributed by atoms with Crippen LogP contribution in [0.2, 0.25) is 3.93 Å². The molecule has 0 aromatic carbocycles. The van der Waals surface area contributed by atoms with Crippen molar-refractivity contribution in [2.24, 2.45) is 5.92 Å². The maximum absolute atomic E-state index is 6.04. The molecular formula is C11H19ClHgO. The normalized spacial score (nSPS) is 26.3. The molecule has 0 spiro atoms. The maximum atomic E-state index is 6.04. The fourth-order valence-corrected chi connectivity index (χ4v) is 9.31. The molecule has 1 rings (SSSR count). The molecule has 14 heavy (non-hydrogen) atoms. The van der Waals surface area contributed by atoms with E-state index >= 15 is 0 Å². The zero-order valence-electron chi connectivity index (χ0n) is 9.48. The number of hydrogen-bond acceptors (Lipinski definition) is 1. The van der Waals surface area contributed by atoms with Crippen molar-refractivity contribution in [3.8, 4) is 0 Å². The van der Waals surface area contributed by atoms with Crippen LogP contribution >= 0.6 is 8.25 Å². The molecule has 0 bridgehead atoms. The van der Waals surface area contributed by atoms with Crippen LogP contribution < -0.4 is 0 Å². The summed E-state index contributed by atoms with van der Waals surface area (Å²) < 4.78 is 6.86. The van der Waals surface area contributed by atoms with Crippen molar-refractivity contribution in [3.63, 3.8) is 0 Å². The average molecular weight is 403 g/mol. The van der Waals surface area contributed by atoms with Crippen molar-refractivity contribution < 1.29 is 28.1 Å². The third-order valence-corrected chi connectivity index (χ3v) is 9.81. The minimum absolute atomic E-state index is 0.0699. The van der Waals surface area contributed by atoms with Gasteiger partial charge in [0.25, 0.3) is 0 Å². The first-order chi connectivity index (χ1) is 6.62. The second kappa shape index (κ2) is 5.86. The van der Waals surface area contributed by atoms with Crippen molar-refractivity contribution in [3.05, 3.63) is 11.6 Å². The van der Waals surface area contributed by atoms with E-state index in [0.717, 1.165) is 0 Å². The molecule has 2 unspecified atom stereocenters. The third kappa shape index (κ3) is 3.21. The van der Waals surface area contributed by atoms with Crippen LogP contribution in [0.5, 0.6) is 0 Å². The summed E-state index contributed by atoms with van der Waals surface area (Å²) >= 11 is -1.10. The van der Waals surface area contributed by atoms with E-state index < -0.39 is 23.3 Å². The quantitative estimate of drug-likeness (QED) is 0.513. The first kappa shape index (κ1) is 13.0. The van der Waals surface area contributed by atoms with Crippen LogP contribution in [0.25, 0.3) is 0 Å². The van der Waals surface area contributed by atoms with Gasteiger partial charge in [-0.15, -0.1) is 0 Å². The van der Waals surface area contributed by atoms with Crippen molar-refractivity contribution in [1.29, 1.82) is 0 Å². The molecule has 0 aromatic rings. The summed E-state index contributed by atoms with van der Waals surface area (Å²) in [5, 5.41) is 0. The van der Waals surface area contributed by atoms with Gasteiger partial charge in [0, 0.05) is 0 Å². The van der Waals surface area contributed by atoms with Crippen LogP contribution in [0.4, 0.5) is 0 Å². The molecule has 0 aromatic heterocycles. The predicted octanol–water partition coefficient (Wildman–Crippen LogP) is 3.79. The molecule has 0 heterocycles. The number of hydrogen-bond donors (Lipinski definition) is 0. The van der Waals surface area contributed by atoms with Gasteiger partial charge in [0.1, 0.15) is 0 Å². The average Bonchev–Trinajstić information content (AvgIpc) is 2.19. The van der Waals surface area contributed by atoms with E-state index in [1.807, 2.05) is 7.11 Å². The van der Waals surface area contributed by atoms with Gasteiger partial charge in [-0.1, -0.05) is 0 Å². The van der Waals surface area contributed by atoms with Gasteiger partial charge in [0.05, 0.1) is 0 Å². The Morgan fingerprint density at radius 3 is 2.86 bits per heavy atom. The van der Waals surface area contributed by atoms with Crippen LogP contribution in [0.3, 0.4) is 0 Å². The number of methoxy groups -OCH3 is 1. The Kier molecular flexibility index (Phi) is 5.44. The Hall–Kier alpha value is 0.925. The van der Waals surface area contributed by atoms with E-state index in [-0.39, 0.29) is 5.60 Å². The van der Waals surface area contributed by atoms with Crippen molar-refractivity contribution in [2.75, 3.05) is 7.11 Å². The molecule has 1 aliphatic rings. The number of ether oxygens (including phenoxy) is 1. The van der Waals surface area contributed by atoms with Gasteiger partial charge >= 0.3 is 104 Å². The Balaban J connectivity index is 2.61. The van der Waals surface area contributed by atoms with Crippen molar-refractivity contribution >= 4 is 8.25 Å². The molecule has 0 radical (unpaired) electrons. The first-order valence-corrected chi connectivity index (χ1v) is 16.0. The van der Waals surface area contributed by atoms with Gasteiger partial charge in [-0.2, -0.15) is 0 Å². The van der Waals surface area contributed by atoms with E-state index in [9.17, 15) is 0 Å². The summed E-state index contributed by atoms with van der Waals surface area (Å²) in [6.07, 6.45) is 6.07. The Morgan fingerprint density at radius 2 is 2.43 bits per heavy atom. The van der Waals surface area contributed by atoms with Gasteiger partial charge in [0.2, 0.25) is 0 Å². The molecule has 1 nitrogen and oxygen atoms in total. The Bertz CT molecular complexity index is 217. The molecule has 1 aliphatic carbocycles. The van der Waals surface area contributed by atoms with Gasteiger partial charge in [-0.3, -0.25) is 0 Å². The van der Waals surface area contributed by atoms with Gasteiger partial charge in [-0.05, 0) is 0 Å². The number of rotatable bonds is 4. The summed E-state index contributed by atoms with van der Waals surface area (Å²) in [5.41, 5.74) is 1.61. The molecule has 78 valence electrons. The summed E-state index contributed by atoms with van der Waals surface area (Å²) in [6, 6.07) is 0. The summed E-state index contributed by atoms with van der Waals surface area (Å²) in [4.78, 5) is 0. The van der Waals surface area contributed by atoms with Crippen LogP contribution in [0.15, 0.2) is 11.6 Å². The molecule has 2 atom stereocenters. The van der Waals surface area contributed by atoms with Crippen LogP contribution in [0, 0.1) is 5.92 Å². The van der Waals surface area contributed by atoms with E-state index in [1.165, 1.54) is 28.8 Å². The van der Waals surface area contributed by atoms with E-state index in [1.54, 1.807) is 0 Å². The van der Waals surface area contributed by atoms with Crippen molar-refractivity contribution in [2.45, 2.75) is 42.6 Å². The first-order valence-electron chi connectivity index (χ1n) is 5.39. The van der Waals surface area contributed by atoms with E-state index in [4.69, 9.17) is 13.0 Å². The van der Waals surface area contributed by atoms with Crippen molar-refractivity contribution in [1.82, 2.24) is 0 Å². The molecule has 0 amide bonds. The monoisotopic (exact) mass is 404 g/mol. The minimum atomic E-state index is -1.10. The van der Waals surface area contributed by atoms with E-state index in [2.05, 4.69) is 19.9 Å². The molecule has 0 N–H and O–H groups in total. The Morgan fingerprint density at radius 1 is 1.71 bits per heavy atom. The standard InChI is InChI=1S/C11H19O.ClH.Hg/c1-9-5-7-10(8-6-9)11(2,3)12-4;;/h5,10H,2,6-8H2,1,3-4H3;1H;/q;;+1/p-1. The zero-order chi connectivity index (χ0) is 10.6. The number of allylic oxidation sites excluding steroid dienone is 2. The second-order valence-electron chi connectivity index (χ2n) is 4.48. The van der Waals surface area contributed by atoms with Gasteiger partial charge < -0.3 is 0 Å². The zero-order valence-corrected chi connectivity index (χ0v) is 15.7. The fraction of sp³-hybridized carbons (Fsp3) is 0.818. The Labute approximate surface area is 103 Å². The fourth-order valence-electron chi connectivity index (χ4n) is 2.18. The summed E-state index contributed by atoms with van der Waals surface area (Å²) in [6.45, 7) is 4.47. The number of halogens is 1. The molecule has 0 saturated heterocycles. The topological polar surface area (TPSA) is 9.23 Å². The molecule has 0 saturated carbocycles. The van der Waals surface area contributed by atoms with Crippen LogP contribution in [-0.2, 0) is 28.1 Å². The molecule has 0 fully saturated rings. The summed E-state index contributed by atoms with van der Waals surface area (Å²) in [7, 11) is 7.88. The SMILES string of the molecule is COC(C)([CH2][Hg][Cl])C1CC=C(C)CC1. The second-order valence-corrected chi connectivity index (χ2v) is 11.2. The van der Waals surface area contributed by atoms with Gasteiger partial charge in [0.15, 0.2) is 0 Å². The molecule has 3 heteroatoms.